The van der Waals surface area contributed by atoms with Gasteiger partial charge in [0.15, 0.2) is 0 Å². The van der Waals surface area contributed by atoms with Crippen LogP contribution in [0.15, 0.2) is 103 Å². The van der Waals surface area contributed by atoms with Crippen LogP contribution in [-0.4, -0.2) is 44.7 Å². The van der Waals surface area contributed by atoms with Crippen molar-refractivity contribution in [1.82, 2.24) is 4.90 Å². The molecule has 4 aromatic carbocycles. The van der Waals surface area contributed by atoms with Gasteiger partial charge in [-0.1, -0.05) is 72.8 Å². The fourth-order valence-electron chi connectivity index (χ4n) is 4.94. The number of nitrogens with two attached hydrogens (primary N) is 1. The van der Waals surface area contributed by atoms with Crippen molar-refractivity contribution in [2.24, 2.45) is 5.73 Å². The van der Waals surface area contributed by atoms with Crippen molar-refractivity contribution in [2.75, 3.05) is 33.9 Å². The first-order valence-electron chi connectivity index (χ1n) is 13.6. The molecule has 0 unspecified atom stereocenters. The fraction of sp³-hybridized carbons (Fsp3) is 0.265. The van der Waals surface area contributed by atoms with E-state index >= 15 is 0 Å². The Labute approximate surface area is 237 Å². The van der Waals surface area contributed by atoms with Gasteiger partial charge in [-0.3, -0.25) is 9.69 Å². The molecule has 0 radical (unpaired) electrons. The minimum absolute atomic E-state index is 0.199. The van der Waals surface area contributed by atoms with E-state index < -0.39 is 0 Å². The van der Waals surface area contributed by atoms with Crippen LogP contribution in [0.3, 0.4) is 0 Å². The molecule has 0 aromatic heterocycles. The maximum atomic E-state index is 11.3. The first-order valence-corrected chi connectivity index (χ1v) is 13.6. The van der Waals surface area contributed by atoms with Gasteiger partial charge in [-0.25, -0.2) is 0 Å². The van der Waals surface area contributed by atoms with Gasteiger partial charge < -0.3 is 19.9 Å². The SMILES string of the molecule is COc1ccc(OC)c(CN(CCCOc2cccc(CC(N)=O)c2)CC(c2ccccc2)c2ccccc2)c1. The zero-order chi connectivity index (χ0) is 28.2. The molecule has 0 bridgehead atoms. The van der Waals surface area contributed by atoms with Crippen molar-refractivity contribution in [3.05, 3.63) is 125 Å². The lowest BCUT2D eigenvalue weighted by Crippen LogP contribution is -2.31. The van der Waals surface area contributed by atoms with Crippen LogP contribution in [0.2, 0.25) is 0 Å². The predicted octanol–water partition coefficient (Wildman–Crippen LogP) is 5.83. The molecule has 1 amide bonds. The standard InChI is InChI=1S/C34H38N2O4/c1-38-30-17-18-33(39-2)29(23-30)24-36(19-10-20-40-31-16-9-11-26(21-31)22-34(35)37)25-32(27-12-5-3-6-13-27)28-14-7-4-8-15-28/h3-9,11-18,21,23,32H,10,19-20,22,24-25H2,1-2H3,(H2,35,37). The van der Waals surface area contributed by atoms with Gasteiger partial charge in [-0.05, 0) is 53.4 Å². The summed E-state index contributed by atoms with van der Waals surface area (Å²) in [5.41, 5.74) is 9.83. The van der Waals surface area contributed by atoms with Crippen LogP contribution >= 0.6 is 0 Å². The molecule has 4 rings (SSSR count). The largest absolute Gasteiger partial charge is 0.497 e. The maximum Gasteiger partial charge on any atom is 0.221 e. The third kappa shape index (κ3) is 8.35. The van der Waals surface area contributed by atoms with Crippen LogP contribution in [0.5, 0.6) is 17.2 Å². The zero-order valence-corrected chi connectivity index (χ0v) is 23.3. The lowest BCUT2D eigenvalue weighted by molar-refractivity contribution is -0.117. The molecule has 0 heterocycles. The van der Waals surface area contributed by atoms with Crippen molar-refractivity contribution < 1.29 is 19.0 Å². The number of primary amides is 1. The number of hydrogen-bond acceptors (Lipinski definition) is 5. The molecule has 40 heavy (non-hydrogen) atoms. The predicted molar refractivity (Wildman–Crippen MR) is 159 cm³/mol. The van der Waals surface area contributed by atoms with Gasteiger partial charge in [-0.2, -0.15) is 0 Å². The first kappa shape index (κ1) is 28.7. The van der Waals surface area contributed by atoms with Crippen molar-refractivity contribution in [2.45, 2.75) is 25.3 Å². The number of rotatable bonds is 15. The van der Waals surface area contributed by atoms with Gasteiger partial charge in [0, 0.05) is 31.1 Å². The van der Waals surface area contributed by atoms with Crippen LogP contribution in [0.25, 0.3) is 0 Å². The number of carbonyl (C=O) groups excluding carboxylic acids is 1. The van der Waals surface area contributed by atoms with Gasteiger partial charge >= 0.3 is 0 Å². The Hall–Kier alpha value is -4.29. The molecule has 0 atom stereocenters. The van der Waals surface area contributed by atoms with Crippen LogP contribution in [0.1, 0.15) is 34.6 Å². The van der Waals surface area contributed by atoms with E-state index in [0.29, 0.717) is 13.2 Å². The fourth-order valence-corrected chi connectivity index (χ4v) is 4.94. The summed E-state index contributed by atoms with van der Waals surface area (Å²) >= 11 is 0. The number of amides is 1. The molecule has 0 aliphatic heterocycles. The number of benzene rings is 4. The third-order valence-corrected chi connectivity index (χ3v) is 6.89. The average molecular weight is 539 g/mol. The van der Waals surface area contributed by atoms with E-state index in [2.05, 4.69) is 65.6 Å². The van der Waals surface area contributed by atoms with Crippen molar-refractivity contribution >= 4 is 5.91 Å². The van der Waals surface area contributed by atoms with Crippen LogP contribution in [0, 0.1) is 0 Å². The summed E-state index contributed by atoms with van der Waals surface area (Å²) in [6.45, 7) is 2.89. The Morgan fingerprint density at radius 1 is 0.800 bits per heavy atom. The van der Waals surface area contributed by atoms with Gasteiger partial charge in [-0.15, -0.1) is 0 Å². The Bertz CT molecular complexity index is 1310. The second-order valence-corrected chi connectivity index (χ2v) is 9.78. The molecule has 4 aromatic rings. The smallest absolute Gasteiger partial charge is 0.221 e. The number of nitrogens with zero attached hydrogens (tertiary/aromatic N) is 1. The second-order valence-electron chi connectivity index (χ2n) is 9.78. The summed E-state index contributed by atoms with van der Waals surface area (Å²) in [7, 11) is 3.38. The molecule has 0 saturated heterocycles. The molecular weight excluding hydrogens is 500 g/mol. The molecule has 0 aliphatic rings. The van der Waals surface area contributed by atoms with Crippen molar-refractivity contribution in [3.8, 4) is 17.2 Å². The monoisotopic (exact) mass is 538 g/mol. The minimum Gasteiger partial charge on any atom is -0.497 e. The Morgan fingerprint density at radius 2 is 1.50 bits per heavy atom. The van der Waals surface area contributed by atoms with Gasteiger partial charge in [0.25, 0.3) is 0 Å². The second kappa shape index (κ2) is 14.8. The lowest BCUT2D eigenvalue weighted by atomic mass is 9.90. The zero-order valence-electron chi connectivity index (χ0n) is 23.3. The topological polar surface area (TPSA) is 74.0 Å². The van der Waals surface area contributed by atoms with Crippen LogP contribution in [0.4, 0.5) is 0 Å². The highest BCUT2D eigenvalue weighted by Gasteiger charge is 2.20. The van der Waals surface area contributed by atoms with E-state index in [-0.39, 0.29) is 18.2 Å². The van der Waals surface area contributed by atoms with Gasteiger partial charge in [0.1, 0.15) is 17.2 Å². The number of carbonyl (C=O) groups is 1. The van der Waals surface area contributed by atoms with E-state index in [9.17, 15) is 4.79 Å². The first-order chi connectivity index (χ1) is 19.6. The molecule has 6 heteroatoms. The van der Waals surface area contributed by atoms with Crippen molar-refractivity contribution in [3.63, 3.8) is 0 Å². The maximum absolute atomic E-state index is 11.3. The molecule has 208 valence electrons. The normalized spacial score (nSPS) is 11.0. The summed E-state index contributed by atoms with van der Waals surface area (Å²) in [5, 5.41) is 0. The summed E-state index contributed by atoms with van der Waals surface area (Å²) in [6.07, 6.45) is 1.02. The van der Waals surface area contributed by atoms with E-state index in [1.807, 2.05) is 42.5 Å². The Morgan fingerprint density at radius 3 is 2.12 bits per heavy atom. The third-order valence-electron chi connectivity index (χ3n) is 6.89. The highest BCUT2D eigenvalue weighted by molar-refractivity contribution is 5.76. The molecule has 0 fully saturated rings. The highest BCUT2D eigenvalue weighted by Crippen LogP contribution is 2.29. The van der Waals surface area contributed by atoms with Gasteiger partial charge in [0.05, 0.1) is 27.2 Å². The summed E-state index contributed by atoms with van der Waals surface area (Å²) in [5.74, 6) is 2.23. The van der Waals surface area contributed by atoms with Crippen molar-refractivity contribution in [1.29, 1.82) is 0 Å². The summed E-state index contributed by atoms with van der Waals surface area (Å²) < 4.78 is 17.3. The Kier molecular flexibility index (Phi) is 10.6. The number of ether oxygens (including phenoxy) is 3. The number of hydrogen-bond donors (Lipinski definition) is 1. The molecular formula is C34H38N2O4. The quantitative estimate of drug-likeness (QED) is 0.193. The molecule has 0 spiro atoms. The van der Waals surface area contributed by atoms with Crippen LogP contribution < -0.4 is 19.9 Å². The summed E-state index contributed by atoms with van der Waals surface area (Å²) in [4.78, 5) is 13.8. The Balaban J connectivity index is 1.53. The molecule has 0 saturated carbocycles. The van der Waals surface area contributed by atoms with E-state index in [1.165, 1.54) is 11.1 Å². The molecule has 0 aliphatic carbocycles. The average Bonchev–Trinajstić information content (AvgIpc) is 2.98. The van der Waals surface area contributed by atoms with E-state index in [0.717, 1.165) is 47.9 Å². The number of methoxy groups -OCH3 is 2. The lowest BCUT2D eigenvalue weighted by Gasteiger charge is -2.29. The summed E-state index contributed by atoms with van der Waals surface area (Å²) in [6, 6.07) is 34.8. The van der Waals surface area contributed by atoms with E-state index in [1.54, 1.807) is 14.2 Å². The minimum atomic E-state index is -0.354. The van der Waals surface area contributed by atoms with Gasteiger partial charge in [0.2, 0.25) is 5.91 Å². The van der Waals surface area contributed by atoms with E-state index in [4.69, 9.17) is 19.9 Å². The molecule has 6 nitrogen and oxygen atoms in total. The highest BCUT2D eigenvalue weighted by atomic mass is 16.5. The molecule has 2 N–H and O–H groups in total. The van der Waals surface area contributed by atoms with Crippen LogP contribution in [-0.2, 0) is 17.8 Å².